The summed E-state index contributed by atoms with van der Waals surface area (Å²) in [4.78, 5) is 9.25. The van der Waals surface area contributed by atoms with Crippen LogP contribution in [0.15, 0.2) is 0 Å². The Balaban J connectivity index is 3.28. The summed E-state index contributed by atoms with van der Waals surface area (Å²) < 4.78 is 0. The van der Waals surface area contributed by atoms with Crippen molar-refractivity contribution in [3.05, 3.63) is 0 Å². The first kappa shape index (κ1) is 9.92. The summed E-state index contributed by atoms with van der Waals surface area (Å²) in [6.45, 7) is 7.34. The van der Waals surface area contributed by atoms with Gasteiger partial charge < -0.3 is 0 Å². The molecule has 0 N–H and O–H groups in total. The standard InChI is InChI=1S/C8H18O2/c1-5-8(2,3)6-7-10-9-4/h5-7H2,1-4H3. The van der Waals surface area contributed by atoms with E-state index in [1.54, 1.807) is 7.11 Å². The van der Waals surface area contributed by atoms with E-state index in [-0.39, 0.29) is 0 Å². The molecule has 0 radical (unpaired) electrons. The van der Waals surface area contributed by atoms with Gasteiger partial charge in [-0.3, -0.25) is 0 Å². The van der Waals surface area contributed by atoms with E-state index < -0.39 is 0 Å². The minimum Gasteiger partial charge on any atom is -0.240 e. The summed E-state index contributed by atoms with van der Waals surface area (Å²) in [6, 6.07) is 0. The fraction of sp³-hybridized carbons (Fsp3) is 1.00. The van der Waals surface area contributed by atoms with Crippen molar-refractivity contribution in [2.75, 3.05) is 13.7 Å². The lowest BCUT2D eigenvalue weighted by atomic mass is 9.87. The maximum absolute atomic E-state index is 4.77. The molecule has 0 atom stereocenters. The third kappa shape index (κ3) is 4.77. The van der Waals surface area contributed by atoms with Gasteiger partial charge in [0.1, 0.15) is 0 Å². The van der Waals surface area contributed by atoms with E-state index in [1.165, 1.54) is 6.42 Å². The van der Waals surface area contributed by atoms with Gasteiger partial charge in [0.2, 0.25) is 0 Å². The molecule has 0 aromatic carbocycles. The van der Waals surface area contributed by atoms with Crippen molar-refractivity contribution in [2.24, 2.45) is 5.41 Å². The molecule has 0 aromatic rings. The van der Waals surface area contributed by atoms with E-state index >= 15 is 0 Å². The zero-order valence-electron chi connectivity index (χ0n) is 7.44. The lowest BCUT2D eigenvalue weighted by Crippen LogP contribution is -2.12. The monoisotopic (exact) mass is 146 g/mol. The van der Waals surface area contributed by atoms with Crippen molar-refractivity contribution >= 4 is 0 Å². The van der Waals surface area contributed by atoms with Crippen LogP contribution in [0.4, 0.5) is 0 Å². The third-order valence-electron chi connectivity index (χ3n) is 1.94. The molecule has 0 heterocycles. The highest BCUT2D eigenvalue weighted by molar-refractivity contribution is 4.64. The molecule has 0 saturated heterocycles. The number of rotatable bonds is 5. The Hall–Kier alpha value is -0.0800. The van der Waals surface area contributed by atoms with Gasteiger partial charge in [-0.1, -0.05) is 27.2 Å². The van der Waals surface area contributed by atoms with Gasteiger partial charge in [-0.05, 0) is 11.8 Å². The fourth-order valence-corrected chi connectivity index (χ4v) is 0.578. The Morgan fingerprint density at radius 2 is 1.90 bits per heavy atom. The molecule has 0 fully saturated rings. The van der Waals surface area contributed by atoms with Gasteiger partial charge >= 0.3 is 0 Å². The molecule has 0 aliphatic rings. The molecule has 0 unspecified atom stereocenters. The highest BCUT2D eigenvalue weighted by atomic mass is 17.2. The molecule has 2 heteroatoms. The zero-order valence-corrected chi connectivity index (χ0v) is 7.44. The van der Waals surface area contributed by atoms with Crippen molar-refractivity contribution in [3.8, 4) is 0 Å². The average Bonchev–Trinajstić information content (AvgIpc) is 1.89. The van der Waals surface area contributed by atoms with E-state index in [4.69, 9.17) is 4.89 Å². The largest absolute Gasteiger partial charge is 0.240 e. The number of hydrogen-bond acceptors (Lipinski definition) is 2. The average molecular weight is 146 g/mol. The minimum absolute atomic E-state index is 0.387. The Kier molecular flexibility index (Phi) is 4.65. The van der Waals surface area contributed by atoms with Crippen molar-refractivity contribution in [1.29, 1.82) is 0 Å². The smallest absolute Gasteiger partial charge is 0.0827 e. The molecular weight excluding hydrogens is 128 g/mol. The Bertz CT molecular complexity index is 79.3. The van der Waals surface area contributed by atoms with Gasteiger partial charge in [0.15, 0.2) is 0 Å². The van der Waals surface area contributed by atoms with E-state index in [0.29, 0.717) is 12.0 Å². The van der Waals surface area contributed by atoms with Crippen LogP contribution in [0.3, 0.4) is 0 Å². The predicted octanol–water partition coefficient (Wildman–Crippen LogP) is 2.39. The first-order chi connectivity index (χ1) is 4.62. The second-order valence-electron chi connectivity index (χ2n) is 3.26. The van der Waals surface area contributed by atoms with E-state index in [0.717, 1.165) is 6.42 Å². The van der Waals surface area contributed by atoms with Crippen LogP contribution in [0.1, 0.15) is 33.6 Å². The van der Waals surface area contributed by atoms with Crippen LogP contribution in [0.25, 0.3) is 0 Å². The van der Waals surface area contributed by atoms with Gasteiger partial charge in [0.25, 0.3) is 0 Å². The highest BCUT2D eigenvalue weighted by Crippen LogP contribution is 2.23. The van der Waals surface area contributed by atoms with Crippen molar-refractivity contribution in [3.63, 3.8) is 0 Å². The SMILES string of the molecule is CCC(C)(C)CCOOC. The van der Waals surface area contributed by atoms with Crippen LogP contribution < -0.4 is 0 Å². The summed E-state index contributed by atoms with van der Waals surface area (Å²) in [5, 5.41) is 0. The summed E-state index contributed by atoms with van der Waals surface area (Å²) in [5.41, 5.74) is 0.387. The van der Waals surface area contributed by atoms with Gasteiger partial charge in [0, 0.05) is 0 Å². The zero-order chi connectivity index (χ0) is 8.04. The van der Waals surface area contributed by atoms with Crippen molar-refractivity contribution in [1.82, 2.24) is 0 Å². The van der Waals surface area contributed by atoms with Gasteiger partial charge in [-0.15, -0.1) is 0 Å². The van der Waals surface area contributed by atoms with Gasteiger partial charge in [-0.25, -0.2) is 9.78 Å². The lowest BCUT2D eigenvalue weighted by molar-refractivity contribution is -0.275. The summed E-state index contributed by atoms with van der Waals surface area (Å²) in [7, 11) is 1.54. The molecule has 0 aliphatic carbocycles. The molecule has 2 nitrogen and oxygen atoms in total. The Morgan fingerprint density at radius 3 is 2.30 bits per heavy atom. The van der Waals surface area contributed by atoms with Gasteiger partial charge in [-0.2, -0.15) is 0 Å². The van der Waals surface area contributed by atoms with E-state index in [9.17, 15) is 0 Å². The molecule has 0 spiro atoms. The normalized spacial score (nSPS) is 12.0. The van der Waals surface area contributed by atoms with Crippen molar-refractivity contribution in [2.45, 2.75) is 33.6 Å². The molecule has 0 amide bonds. The molecule has 0 aliphatic heterocycles. The van der Waals surface area contributed by atoms with Crippen LogP contribution >= 0.6 is 0 Å². The van der Waals surface area contributed by atoms with Crippen LogP contribution in [0.2, 0.25) is 0 Å². The topological polar surface area (TPSA) is 18.5 Å². The fourth-order valence-electron chi connectivity index (χ4n) is 0.578. The van der Waals surface area contributed by atoms with E-state index in [2.05, 4.69) is 25.7 Å². The molecule has 0 rings (SSSR count). The minimum atomic E-state index is 0.387. The Labute approximate surface area is 63.5 Å². The summed E-state index contributed by atoms with van der Waals surface area (Å²) in [6.07, 6.45) is 2.23. The maximum atomic E-state index is 4.77. The molecule has 0 aromatic heterocycles. The maximum Gasteiger partial charge on any atom is 0.0827 e. The van der Waals surface area contributed by atoms with Crippen LogP contribution in [-0.2, 0) is 9.78 Å². The van der Waals surface area contributed by atoms with Gasteiger partial charge in [0.05, 0.1) is 13.7 Å². The molecule has 0 saturated carbocycles. The molecule has 62 valence electrons. The lowest BCUT2D eigenvalue weighted by Gasteiger charge is -2.21. The summed E-state index contributed by atoms with van der Waals surface area (Å²) in [5.74, 6) is 0. The Morgan fingerprint density at radius 1 is 1.30 bits per heavy atom. The first-order valence-corrected chi connectivity index (χ1v) is 3.78. The molecular formula is C8H18O2. The summed E-state index contributed by atoms with van der Waals surface area (Å²) >= 11 is 0. The van der Waals surface area contributed by atoms with E-state index in [1.807, 2.05) is 0 Å². The predicted molar refractivity (Wildman–Crippen MR) is 41.7 cm³/mol. The van der Waals surface area contributed by atoms with Crippen LogP contribution in [0, 0.1) is 5.41 Å². The second kappa shape index (κ2) is 4.69. The third-order valence-corrected chi connectivity index (χ3v) is 1.94. The highest BCUT2D eigenvalue weighted by Gasteiger charge is 2.14. The van der Waals surface area contributed by atoms with Crippen LogP contribution in [-0.4, -0.2) is 13.7 Å². The quantitative estimate of drug-likeness (QED) is 0.337. The van der Waals surface area contributed by atoms with Crippen LogP contribution in [0.5, 0.6) is 0 Å². The second-order valence-corrected chi connectivity index (χ2v) is 3.26. The molecule has 0 bridgehead atoms. The number of hydrogen-bond donors (Lipinski definition) is 0. The van der Waals surface area contributed by atoms with Crippen molar-refractivity contribution < 1.29 is 9.78 Å². The first-order valence-electron chi connectivity index (χ1n) is 3.78. The molecule has 10 heavy (non-hydrogen) atoms.